The molecule has 9 nitrogen and oxygen atoms in total. The molecule has 150 valence electrons. The van der Waals surface area contributed by atoms with Gasteiger partial charge in [0.1, 0.15) is 11.6 Å². The van der Waals surface area contributed by atoms with E-state index < -0.39 is 22.0 Å². The zero-order valence-corrected chi connectivity index (χ0v) is 16.1. The largest absolute Gasteiger partial charge is 0.462 e. The van der Waals surface area contributed by atoms with Crippen LogP contribution in [0, 0.1) is 11.3 Å². The van der Waals surface area contributed by atoms with Crippen molar-refractivity contribution in [2.45, 2.75) is 11.8 Å². The fourth-order valence-electron chi connectivity index (χ4n) is 2.20. The van der Waals surface area contributed by atoms with Gasteiger partial charge in [-0.1, -0.05) is 12.1 Å². The van der Waals surface area contributed by atoms with Crippen molar-refractivity contribution in [3.05, 3.63) is 65.9 Å². The average Bonchev–Trinajstić information content (AvgIpc) is 2.68. The molecule has 0 bridgehead atoms. The third-order valence-electron chi connectivity index (χ3n) is 3.57. The predicted octanol–water partition coefficient (Wildman–Crippen LogP) is 2.57. The Morgan fingerprint density at radius 2 is 1.83 bits per heavy atom. The minimum absolute atomic E-state index is 0.200. The minimum Gasteiger partial charge on any atom is -0.462 e. The molecular formula is C19H17N3O6S. The molecule has 0 aliphatic rings. The summed E-state index contributed by atoms with van der Waals surface area (Å²) in [6.07, 6.45) is 1.14. The van der Waals surface area contributed by atoms with Crippen LogP contribution in [0.5, 0.6) is 0 Å². The van der Waals surface area contributed by atoms with E-state index in [1.54, 1.807) is 31.2 Å². The number of nitrogens with zero attached hydrogens (tertiary/aromatic N) is 1. The number of anilines is 2. The SMILES string of the molecule is CCOC(=O)c1ccccc1N/C=C(/C#N)C(=O)Nc1ccc(S(=O)(=O)O)cc1. The Labute approximate surface area is 167 Å². The van der Waals surface area contributed by atoms with Crippen molar-refractivity contribution in [1.82, 2.24) is 0 Å². The smallest absolute Gasteiger partial charge is 0.340 e. The maximum absolute atomic E-state index is 12.3. The highest BCUT2D eigenvalue weighted by molar-refractivity contribution is 7.85. The predicted molar refractivity (Wildman–Crippen MR) is 105 cm³/mol. The van der Waals surface area contributed by atoms with E-state index >= 15 is 0 Å². The van der Waals surface area contributed by atoms with Gasteiger partial charge in [-0.25, -0.2) is 4.79 Å². The maximum Gasteiger partial charge on any atom is 0.340 e. The van der Waals surface area contributed by atoms with Gasteiger partial charge >= 0.3 is 5.97 Å². The van der Waals surface area contributed by atoms with E-state index in [1.165, 1.54) is 18.2 Å². The maximum atomic E-state index is 12.3. The normalized spacial score (nSPS) is 11.3. The Hall–Kier alpha value is -3.68. The topological polar surface area (TPSA) is 146 Å². The fraction of sp³-hybridized carbons (Fsp3) is 0.105. The third kappa shape index (κ3) is 5.90. The molecule has 0 aromatic heterocycles. The first kappa shape index (κ1) is 21.6. The first-order valence-corrected chi connectivity index (χ1v) is 9.72. The lowest BCUT2D eigenvalue weighted by atomic mass is 10.1. The molecule has 0 unspecified atom stereocenters. The monoisotopic (exact) mass is 415 g/mol. The highest BCUT2D eigenvalue weighted by Crippen LogP contribution is 2.18. The number of benzene rings is 2. The molecule has 0 saturated heterocycles. The lowest BCUT2D eigenvalue weighted by molar-refractivity contribution is -0.112. The number of nitrogens with one attached hydrogen (secondary N) is 2. The van der Waals surface area contributed by atoms with Crippen LogP contribution in [-0.4, -0.2) is 31.5 Å². The first-order chi connectivity index (χ1) is 13.8. The van der Waals surface area contributed by atoms with Crippen LogP contribution in [0.1, 0.15) is 17.3 Å². The Balaban J connectivity index is 2.15. The van der Waals surface area contributed by atoms with Crippen LogP contribution < -0.4 is 10.6 Å². The van der Waals surface area contributed by atoms with Crippen LogP contribution in [0.3, 0.4) is 0 Å². The molecule has 1 amide bonds. The lowest BCUT2D eigenvalue weighted by Gasteiger charge is -2.09. The van der Waals surface area contributed by atoms with E-state index in [0.717, 1.165) is 18.3 Å². The molecule has 2 rings (SSSR count). The number of ether oxygens (including phenoxy) is 1. The fourth-order valence-corrected chi connectivity index (χ4v) is 2.68. The molecule has 0 aliphatic carbocycles. The molecule has 0 atom stereocenters. The molecule has 0 radical (unpaired) electrons. The van der Waals surface area contributed by atoms with Gasteiger partial charge in [-0.05, 0) is 43.3 Å². The van der Waals surface area contributed by atoms with E-state index in [-0.39, 0.29) is 28.3 Å². The molecule has 0 heterocycles. The van der Waals surface area contributed by atoms with E-state index in [4.69, 9.17) is 9.29 Å². The van der Waals surface area contributed by atoms with Crippen molar-refractivity contribution in [2.75, 3.05) is 17.2 Å². The Bertz CT molecular complexity index is 1090. The standard InChI is InChI=1S/C19H17N3O6S/c1-2-28-19(24)16-5-3-4-6-17(16)21-12-13(11-20)18(23)22-14-7-9-15(10-8-14)29(25,26)27/h3-10,12,21H,2H2,1H3,(H,22,23)(H,25,26,27)/b13-12-. The summed E-state index contributed by atoms with van der Waals surface area (Å²) in [7, 11) is -4.35. The van der Waals surface area contributed by atoms with Crippen LogP contribution >= 0.6 is 0 Å². The zero-order chi connectivity index (χ0) is 21.4. The van der Waals surface area contributed by atoms with Crippen LogP contribution in [0.25, 0.3) is 0 Å². The third-order valence-corrected chi connectivity index (χ3v) is 4.44. The second kappa shape index (κ2) is 9.50. The van der Waals surface area contributed by atoms with E-state index in [1.807, 2.05) is 0 Å². The molecule has 0 aliphatic heterocycles. The number of nitriles is 1. The van der Waals surface area contributed by atoms with Gasteiger partial charge in [-0.15, -0.1) is 0 Å². The van der Waals surface area contributed by atoms with E-state index in [9.17, 15) is 23.3 Å². The first-order valence-electron chi connectivity index (χ1n) is 8.28. The number of hydrogen-bond donors (Lipinski definition) is 3. The van der Waals surface area contributed by atoms with Crippen LogP contribution in [0.2, 0.25) is 0 Å². The Kier molecular flexibility index (Phi) is 7.08. The van der Waals surface area contributed by atoms with Crippen LogP contribution in [0.4, 0.5) is 11.4 Å². The molecule has 0 fully saturated rings. The highest BCUT2D eigenvalue weighted by atomic mass is 32.2. The van der Waals surface area contributed by atoms with Gasteiger partial charge < -0.3 is 15.4 Å². The van der Waals surface area contributed by atoms with Crippen molar-refractivity contribution >= 4 is 33.4 Å². The molecule has 29 heavy (non-hydrogen) atoms. The number of rotatable bonds is 7. The van der Waals surface area contributed by atoms with Gasteiger partial charge in [0.05, 0.1) is 22.8 Å². The van der Waals surface area contributed by atoms with Gasteiger partial charge in [0.2, 0.25) is 0 Å². The lowest BCUT2D eigenvalue weighted by Crippen LogP contribution is -2.15. The number of hydrogen-bond acceptors (Lipinski definition) is 7. The quantitative estimate of drug-likeness (QED) is 0.271. The Morgan fingerprint density at radius 1 is 1.17 bits per heavy atom. The van der Waals surface area contributed by atoms with Gasteiger partial charge in [0, 0.05) is 11.9 Å². The summed E-state index contributed by atoms with van der Waals surface area (Å²) in [6.45, 7) is 1.87. The van der Waals surface area contributed by atoms with Crippen molar-refractivity contribution in [3.63, 3.8) is 0 Å². The molecule has 3 N–H and O–H groups in total. The molecule has 2 aromatic carbocycles. The molecule has 0 saturated carbocycles. The second-order valence-electron chi connectivity index (χ2n) is 5.53. The van der Waals surface area contributed by atoms with Gasteiger partial charge in [-0.3, -0.25) is 9.35 Å². The van der Waals surface area contributed by atoms with Crippen molar-refractivity contribution in [1.29, 1.82) is 5.26 Å². The summed E-state index contributed by atoms with van der Waals surface area (Å²) in [6, 6.07) is 12.9. The van der Waals surface area contributed by atoms with E-state index in [0.29, 0.717) is 5.69 Å². The molecule has 10 heteroatoms. The highest BCUT2D eigenvalue weighted by Gasteiger charge is 2.14. The molecule has 0 spiro atoms. The zero-order valence-electron chi connectivity index (χ0n) is 15.2. The minimum atomic E-state index is -4.35. The summed E-state index contributed by atoms with van der Waals surface area (Å²) in [5, 5.41) is 14.4. The number of para-hydroxylation sites is 1. The number of amides is 1. The van der Waals surface area contributed by atoms with Gasteiger partial charge in [0.25, 0.3) is 16.0 Å². The van der Waals surface area contributed by atoms with Crippen molar-refractivity contribution < 1.29 is 27.3 Å². The summed E-state index contributed by atoms with van der Waals surface area (Å²) in [5.74, 6) is -1.31. The summed E-state index contributed by atoms with van der Waals surface area (Å²) in [4.78, 5) is 23.9. The van der Waals surface area contributed by atoms with Gasteiger partial charge in [0.15, 0.2) is 0 Å². The summed E-state index contributed by atoms with van der Waals surface area (Å²) < 4.78 is 36.0. The Morgan fingerprint density at radius 3 is 2.41 bits per heavy atom. The summed E-state index contributed by atoms with van der Waals surface area (Å²) in [5.41, 5.74) is 0.520. The number of carbonyl (C=O) groups is 2. The van der Waals surface area contributed by atoms with Crippen LogP contribution in [0.15, 0.2) is 65.2 Å². The van der Waals surface area contributed by atoms with Gasteiger partial charge in [-0.2, -0.15) is 13.7 Å². The average molecular weight is 415 g/mol. The molecular weight excluding hydrogens is 398 g/mol. The summed E-state index contributed by atoms with van der Waals surface area (Å²) >= 11 is 0. The van der Waals surface area contributed by atoms with Crippen molar-refractivity contribution in [2.24, 2.45) is 0 Å². The molecule has 2 aromatic rings. The number of esters is 1. The van der Waals surface area contributed by atoms with Crippen molar-refractivity contribution in [3.8, 4) is 6.07 Å². The number of carbonyl (C=O) groups excluding carboxylic acids is 2. The van der Waals surface area contributed by atoms with Crippen LogP contribution in [-0.2, 0) is 19.6 Å². The van der Waals surface area contributed by atoms with E-state index in [2.05, 4.69) is 10.6 Å². The second-order valence-corrected chi connectivity index (χ2v) is 6.96.